The van der Waals surface area contributed by atoms with Gasteiger partial charge in [-0.05, 0) is 47.9 Å². The molecule has 0 saturated heterocycles. The molecule has 0 fully saturated rings. The van der Waals surface area contributed by atoms with Crippen LogP contribution in [-0.2, 0) is 6.42 Å². The smallest absolute Gasteiger partial charge is 0.0439 e. The standard InChI is InChI=1S/C15H24Cl2N2/c1-10(15(2,3)4)7-13(19-18)9-11-8-12(16)5-6-14(11)17/h5-6,8,10,13,19H,7,9,18H2,1-4H3. The molecule has 0 aromatic heterocycles. The van der Waals surface area contributed by atoms with E-state index in [9.17, 15) is 0 Å². The second kappa shape index (κ2) is 6.94. The summed E-state index contributed by atoms with van der Waals surface area (Å²) in [5.74, 6) is 6.24. The lowest BCUT2D eigenvalue weighted by Gasteiger charge is -2.30. The van der Waals surface area contributed by atoms with Crippen molar-refractivity contribution < 1.29 is 0 Å². The zero-order chi connectivity index (χ0) is 14.6. The molecule has 3 N–H and O–H groups in total. The van der Waals surface area contributed by atoms with E-state index in [4.69, 9.17) is 29.0 Å². The first-order valence-corrected chi connectivity index (χ1v) is 7.39. The molecule has 1 aromatic carbocycles. The average Bonchev–Trinajstić information content (AvgIpc) is 2.31. The van der Waals surface area contributed by atoms with E-state index in [0.29, 0.717) is 10.9 Å². The fraction of sp³-hybridized carbons (Fsp3) is 0.600. The Morgan fingerprint density at radius 3 is 2.42 bits per heavy atom. The maximum Gasteiger partial charge on any atom is 0.0439 e. The number of halogens is 2. The molecular weight excluding hydrogens is 279 g/mol. The highest BCUT2D eigenvalue weighted by Gasteiger charge is 2.23. The first-order valence-electron chi connectivity index (χ1n) is 6.64. The molecule has 0 saturated carbocycles. The molecule has 2 nitrogen and oxygen atoms in total. The highest BCUT2D eigenvalue weighted by molar-refractivity contribution is 6.33. The van der Waals surface area contributed by atoms with Gasteiger partial charge in [-0.1, -0.05) is 50.9 Å². The third kappa shape index (κ3) is 5.31. The van der Waals surface area contributed by atoms with Gasteiger partial charge in [-0.2, -0.15) is 0 Å². The summed E-state index contributed by atoms with van der Waals surface area (Å²) in [6, 6.07) is 5.75. The molecule has 0 bridgehead atoms. The molecule has 108 valence electrons. The summed E-state index contributed by atoms with van der Waals surface area (Å²) in [5, 5.41) is 1.45. The van der Waals surface area contributed by atoms with Gasteiger partial charge in [0.1, 0.15) is 0 Å². The molecule has 0 aliphatic rings. The van der Waals surface area contributed by atoms with E-state index in [1.165, 1.54) is 0 Å². The van der Waals surface area contributed by atoms with Crippen molar-refractivity contribution in [2.45, 2.75) is 46.6 Å². The Balaban J connectivity index is 2.74. The van der Waals surface area contributed by atoms with Crippen LogP contribution in [0.4, 0.5) is 0 Å². The molecule has 0 radical (unpaired) electrons. The van der Waals surface area contributed by atoms with Gasteiger partial charge in [0, 0.05) is 16.1 Å². The van der Waals surface area contributed by atoms with E-state index in [1.807, 2.05) is 12.1 Å². The topological polar surface area (TPSA) is 38.0 Å². The van der Waals surface area contributed by atoms with Crippen LogP contribution >= 0.6 is 23.2 Å². The summed E-state index contributed by atoms with van der Waals surface area (Å²) >= 11 is 12.2. The molecule has 0 amide bonds. The number of hydrazine groups is 1. The van der Waals surface area contributed by atoms with Gasteiger partial charge in [0.15, 0.2) is 0 Å². The number of nitrogens with two attached hydrogens (primary N) is 1. The molecule has 1 rings (SSSR count). The van der Waals surface area contributed by atoms with E-state index >= 15 is 0 Å². The van der Waals surface area contributed by atoms with Crippen molar-refractivity contribution in [3.63, 3.8) is 0 Å². The van der Waals surface area contributed by atoms with Gasteiger partial charge in [-0.25, -0.2) is 0 Å². The van der Waals surface area contributed by atoms with Crippen molar-refractivity contribution in [2.24, 2.45) is 17.2 Å². The Morgan fingerprint density at radius 2 is 1.89 bits per heavy atom. The lowest BCUT2D eigenvalue weighted by atomic mass is 9.78. The second-order valence-corrected chi connectivity index (χ2v) is 7.15. The average molecular weight is 303 g/mol. The highest BCUT2D eigenvalue weighted by Crippen LogP contribution is 2.30. The zero-order valence-electron chi connectivity index (χ0n) is 12.1. The lowest BCUT2D eigenvalue weighted by molar-refractivity contribution is 0.222. The van der Waals surface area contributed by atoms with E-state index in [1.54, 1.807) is 6.07 Å². The lowest BCUT2D eigenvalue weighted by Crippen LogP contribution is -2.39. The number of rotatable bonds is 5. The summed E-state index contributed by atoms with van der Waals surface area (Å²) in [6.45, 7) is 9.00. The van der Waals surface area contributed by atoms with Crippen LogP contribution < -0.4 is 11.3 Å². The van der Waals surface area contributed by atoms with E-state index in [0.717, 1.165) is 23.4 Å². The molecule has 0 spiro atoms. The maximum absolute atomic E-state index is 6.20. The van der Waals surface area contributed by atoms with Crippen molar-refractivity contribution >= 4 is 23.2 Å². The third-order valence-electron chi connectivity index (χ3n) is 3.83. The highest BCUT2D eigenvalue weighted by atomic mass is 35.5. The normalized spacial score (nSPS) is 15.3. The molecule has 0 aliphatic heterocycles. The number of benzene rings is 1. The van der Waals surface area contributed by atoms with Crippen LogP contribution in [0.2, 0.25) is 10.0 Å². The van der Waals surface area contributed by atoms with Crippen molar-refractivity contribution in [3.8, 4) is 0 Å². The van der Waals surface area contributed by atoms with Gasteiger partial charge in [-0.3, -0.25) is 11.3 Å². The van der Waals surface area contributed by atoms with Crippen LogP contribution in [0, 0.1) is 11.3 Å². The quantitative estimate of drug-likeness (QED) is 0.623. The molecule has 1 aromatic rings. The number of nitrogens with one attached hydrogen (secondary N) is 1. The molecule has 19 heavy (non-hydrogen) atoms. The van der Waals surface area contributed by atoms with Crippen LogP contribution in [0.3, 0.4) is 0 Å². The second-order valence-electron chi connectivity index (χ2n) is 6.31. The Hall–Kier alpha value is -0.280. The zero-order valence-corrected chi connectivity index (χ0v) is 13.6. The minimum Gasteiger partial charge on any atom is -0.271 e. The molecule has 0 aliphatic carbocycles. The fourth-order valence-corrected chi connectivity index (χ4v) is 2.35. The van der Waals surface area contributed by atoms with Crippen molar-refractivity contribution in [3.05, 3.63) is 33.8 Å². The predicted molar refractivity (Wildman–Crippen MR) is 84.5 cm³/mol. The summed E-state index contributed by atoms with van der Waals surface area (Å²) in [4.78, 5) is 0. The molecule has 2 atom stereocenters. The first kappa shape index (κ1) is 16.8. The summed E-state index contributed by atoms with van der Waals surface area (Å²) in [5.41, 5.74) is 4.21. The largest absolute Gasteiger partial charge is 0.271 e. The van der Waals surface area contributed by atoms with Gasteiger partial charge >= 0.3 is 0 Å². The van der Waals surface area contributed by atoms with E-state index in [2.05, 4.69) is 33.1 Å². The molecule has 0 heterocycles. The predicted octanol–water partition coefficient (Wildman–Crippen LogP) is 4.44. The van der Waals surface area contributed by atoms with E-state index < -0.39 is 0 Å². The van der Waals surface area contributed by atoms with Crippen LogP contribution in [0.15, 0.2) is 18.2 Å². The SMILES string of the molecule is CC(CC(Cc1cc(Cl)ccc1Cl)NN)C(C)(C)C. The summed E-state index contributed by atoms with van der Waals surface area (Å²) < 4.78 is 0. The van der Waals surface area contributed by atoms with Crippen LogP contribution in [0.25, 0.3) is 0 Å². The minimum absolute atomic E-state index is 0.199. The number of hydrogen-bond acceptors (Lipinski definition) is 2. The molecule has 4 heteroatoms. The molecular formula is C15H24Cl2N2. The van der Waals surface area contributed by atoms with Crippen LogP contribution in [0.1, 0.15) is 39.7 Å². The Kier molecular flexibility index (Phi) is 6.13. The van der Waals surface area contributed by atoms with Crippen LogP contribution in [-0.4, -0.2) is 6.04 Å². The van der Waals surface area contributed by atoms with E-state index in [-0.39, 0.29) is 11.5 Å². The summed E-state index contributed by atoms with van der Waals surface area (Å²) in [7, 11) is 0. The van der Waals surface area contributed by atoms with Gasteiger partial charge in [0.05, 0.1) is 0 Å². The van der Waals surface area contributed by atoms with Gasteiger partial charge in [0.2, 0.25) is 0 Å². The Labute approximate surface area is 126 Å². The van der Waals surface area contributed by atoms with Crippen molar-refractivity contribution in [1.82, 2.24) is 5.43 Å². The first-order chi connectivity index (χ1) is 8.74. The molecule has 2 unspecified atom stereocenters. The van der Waals surface area contributed by atoms with Gasteiger partial charge in [-0.15, -0.1) is 0 Å². The Morgan fingerprint density at radius 1 is 1.26 bits per heavy atom. The van der Waals surface area contributed by atoms with Crippen molar-refractivity contribution in [1.29, 1.82) is 0 Å². The summed E-state index contributed by atoms with van der Waals surface area (Å²) in [6.07, 6.45) is 1.79. The van der Waals surface area contributed by atoms with Gasteiger partial charge < -0.3 is 0 Å². The van der Waals surface area contributed by atoms with Crippen LogP contribution in [0.5, 0.6) is 0 Å². The minimum atomic E-state index is 0.199. The number of hydrogen-bond donors (Lipinski definition) is 2. The van der Waals surface area contributed by atoms with Crippen molar-refractivity contribution in [2.75, 3.05) is 0 Å². The maximum atomic E-state index is 6.20. The third-order valence-corrected chi connectivity index (χ3v) is 4.43. The monoisotopic (exact) mass is 302 g/mol. The Bertz CT molecular complexity index is 413. The fourth-order valence-electron chi connectivity index (χ4n) is 1.96. The van der Waals surface area contributed by atoms with Gasteiger partial charge in [0.25, 0.3) is 0 Å².